The molecule has 0 heterocycles. The van der Waals surface area contributed by atoms with E-state index in [0.29, 0.717) is 0 Å². The Morgan fingerprint density at radius 2 is 1.69 bits per heavy atom. The fraction of sp³-hybridized carbons (Fsp3) is 0.474. The lowest BCUT2D eigenvalue weighted by atomic mass is 10.2. The van der Waals surface area contributed by atoms with E-state index < -0.39 is 46.7 Å². The maximum atomic E-state index is 12.7. The number of para-hydroxylation sites is 1. The summed E-state index contributed by atoms with van der Waals surface area (Å²) < 4.78 is 60.2. The van der Waals surface area contributed by atoms with E-state index in [2.05, 4.69) is 4.52 Å². The van der Waals surface area contributed by atoms with Crippen molar-refractivity contribution < 1.29 is 50.8 Å². The smallest absolute Gasteiger partial charge is 0.459 e. The molecule has 0 bridgehead atoms. The first kappa shape index (κ1) is 27.9. The summed E-state index contributed by atoms with van der Waals surface area (Å²) in [5.41, 5.74) is -0.0306. The molecule has 0 saturated heterocycles. The number of rotatable bonds is 14. The first-order valence-electron chi connectivity index (χ1n) is 9.44. The van der Waals surface area contributed by atoms with Gasteiger partial charge in [-0.05, 0) is 26.0 Å². The van der Waals surface area contributed by atoms with Crippen molar-refractivity contribution in [3.8, 4) is 18.3 Å². The molecule has 0 saturated carbocycles. The Labute approximate surface area is 186 Å². The molecule has 1 rings (SSSR count). The van der Waals surface area contributed by atoms with Crippen LogP contribution in [0.2, 0.25) is 0 Å². The molecule has 1 aromatic rings. The van der Waals surface area contributed by atoms with E-state index >= 15 is 0 Å². The highest BCUT2D eigenvalue weighted by Gasteiger charge is 2.33. The monoisotopic (exact) mass is 492 g/mol. The quantitative estimate of drug-likeness (QED) is 0.163. The number of terminal acetylenes is 1. The van der Waals surface area contributed by atoms with Crippen LogP contribution in [0.5, 0.6) is 5.75 Å². The van der Waals surface area contributed by atoms with Crippen molar-refractivity contribution in [3.05, 3.63) is 29.8 Å². The van der Waals surface area contributed by atoms with Gasteiger partial charge >= 0.3 is 27.4 Å². The lowest BCUT2D eigenvalue weighted by Crippen LogP contribution is -2.27. The Balaban J connectivity index is 2.99. The van der Waals surface area contributed by atoms with Crippen molar-refractivity contribution in [2.45, 2.75) is 26.9 Å². The number of carbonyl (C=O) groups excluding carboxylic acids is 2. The number of esters is 2. The molecule has 2 unspecified atom stereocenters. The summed E-state index contributed by atoms with van der Waals surface area (Å²) in [6, 6.07) is 5.92. The van der Waals surface area contributed by atoms with Crippen LogP contribution in [-0.4, -0.2) is 51.1 Å². The average Bonchev–Trinajstić information content (AvgIpc) is 2.70. The Kier molecular flexibility index (Phi) is 11.7. The molecule has 0 N–H and O–H groups in total. The Morgan fingerprint density at radius 1 is 1.06 bits per heavy atom. The molecule has 0 aliphatic heterocycles. The summed E-state index contributed by atoms with van der Waals surface area (Å²) in [5.74, 6) is -1.49. The van der Waals surface area contributed by atoms with E-state index in [1.54, 1.807) is 32.1 Å². The lowest BCUT2D eigenvalue weighted by Gasteiger charge is -2.24. The van der Waals surface area contributed by atoms with E-state index in [4.69, 9.17) is 34.0 Å². The van der Waals surface area contributed by atoms with Crippen molar-refractivity contribution in [1.29, 1.82) is 0 Å². The van der Waals surface area contributed by atoms with Crippen molar-refractivity contribution in [2.75, 3.05) is 33.1 Å². The van der Waals surface area contributed by atoms with E-state index in [1.807, 2.05) is 0 Å². The van der Waals surface area contributed by atoms with Gasteiger partial charge in [0.2, 0.25) is 0 Å². The zero-order valence-corrected chi connectivity index (χ0v) is 20.0. The second kappa shape index (κ2) is 13.4. The van der Waals surface area contributed by atoms with Crippen LogP contribution in [-0.2, 0) is 41.3 Å². The average molecular weight is 492 g/mol. The third-order valence-corrected chi connectivity index (χ3v) is 6.09. The maximum Gasteiger partial charge on any atom is 0.475 e. The van der Waals surface area contributed by atoms with Crippen LogP contribution in [0.3, 0.4) is 0 Å². The van der Waals surface area contributed by atoms with E-state index in [1.165, 1.54) is 19.1 Å². The molecule has 178 valence electrons. The third kappa shape index (κ3) is 9.96. The van der Waals surface area contributed by atoms with Gasteiger partial charge in [0, 0.05) is 6.92 Å². The van der Waals surface area contributed by atoms with Gasteiger partial charge < -0.3 is 14.0 Å². The number of hydrogen-bond acceptors (Lipinski definition) is 11. The molecule has 0 fully saturated rings. The minimum Gasteiger partial charge on any atom is -0.459 e. The summed E-state index contributed by atoms with van der Waals surface area (Å²) >= 11 is 0. The fourth-order valence-corrected chi connectivity index (χ4v) is 4.17. The van der Waals surface area contributed by atoms with Crippen molar-refractivity contribution in [1.82, 2.24) is 0 Å². The van der Waals surface area contributed by atoms with Crippen molar-refractivity contribution >= 4 is 27.4 Å². The molecule has 11 nitrogen and oxygen atoms in total. The highest BCUT2D eigenvalue weighted by molar-refractivity contribution is 7.53. The van der Waals surface area contributed by atoms with Gasteiger partial charge in [-0.15, -0.1) is 0 Å². The molecule has 0 aromatic heterocycles. The minimum atomic E-state index is -4.04. The summed E-state index contributed by atoms with van der Waals surface area (Å²) in [4.78, 5) is 23.8. The number of phosphoric ester groups is 1. The van der Waals surface area contributed by atoms with Gasteiger partial charge in [0.05, 0.1) is 26.5 Å². The highest BCUT2D eigenvalue weighted by atomic mass is 31.2. The Hall–Kier alpha value is -2.18. The van der Waals surface area contributed by atoms with Gasteiger partial charge in [0.15, 0.2) is 0 Å². The van der Waals surface area contributed by atoms with Gasteiger partial charge in [0.1, 0.15) is 30.1 Å². The van der Waals surface area contributed by atoms with Crippen molar-refractivity contribution in [3.63, 3.8) is 0 Å². The first-order chi connectivity index (χ1) is 15.1. The van der Waals surface area contributed by atoms with E-state index in [9.17, 15) is 18.7 Å². The molecule has 2 atom stereocenters. The normalized spacial score (nSPS) is 14.0. The summed E-state index contributed by atoms with van der Waals surface area (Å²) in [6.45, 7) is 4.48. The Bertz CT molecular complexity index is 899. The molecule has 1 aromatic carbocycles. The summed E-state index contributed by atoms with van der Waals surface area (Å²) in [6.07, 6.45) is 5.48. The van der Waals surface area contributed by atoms with Crippen LogP contribution in [0.15, 0.2) is 24.3 Å². The van der Waals surface area contributed by atoms with Crippen LogP contribution in [0.4, 0.5) is 0 Å². The molecule has 0 radical (unpaired) electrons. The number of hydrogen-bond donors (Lipinski definition) is 0. The molecule has 13 heteroatoms. The fourth-order valence-electron chi connectivity index (χ4n) is 2.17. The van der Waals surface area contributed by atoms with Gasteiger partial charge in [0.25, 0.3) is 0 Å². The van der Waals surface area contributed by atoms with Gasteiger partial charge in [-0.1, -0.05) is 18.6 Å². The molecule has 0 spiro atoms. The zero-order chi connectivity index (χ0) is 24.2. The molecule has 0 aliphatic carbocycles. The van der Waals surface area contributed by atoms with Crippen LogP contribution >= 0.6 is 15.4 Å². The first-order valence-corrected chi connectivity index (χ1v) is 12.9. The zero-order valence-electron chi connectivity index (χ0n) is 18.2. The largest absolute Gasteiger partial charge is 0.475 e. The van der Waals surface area contributed by atoms with Gasteiger partial charge in [-0.3, -0.25) is 22.9 Å². The van der Waals surface area contributed by atoms with Crippen LogP contribution < -0.4 is 4.74 Å². The van der Waals surface area contributed by atoms with Crippen LogP contribution in [0.25, 0.3) is 0 Å². The SMILES string of the molecule is C#COP(C)(=O)OCC(COC(=O)c1ccccc1OC(C)=O)OP(=O)(OCC)OCC. The minimum absolute atomic E-state index is 0.00602. The Morgan fingerprint density at radius 3 is 2.25 bits per heavy atom. The highest BCUT2D eigenvalue weighted by Crippen LogP contribution is 2.51. The number of ether oxygens (including phenoxy) is 2. The standard InChI is InChI=1S/C19H26O11P2/c1-6-25-31(5,22)28-14-16(30-32(23,26-7-2)27-8-3)13-24-19(21)17-11-9-10-12-18(17)29-15(4)20/h1,9-12,16H,7-8,13-14H2,2-5H3. The lowest BCUT2D eigenvalue weighted by molar-refractivity contribution is -0.131. The second-order valence-electron chi connectivity index (χ2n) is 5.97. The molecule has 0 amide bonds. The number of benzene rings is 1. The van der Waals surface area contributed by atoms with E-state index in [0.717, 1.165) is 6.66 Å². The van der Waals surface area contributed by atoms with Gasteiger partial charge in [-0.25, -0.2) is 13.9 Å². The predicted octanol–water partition coefficient (Wildman–Crippen LogP) is 3.78. The number of phosphoric acid groups is 1. The second-order valence-corrected chi connectivity index (χ2v) is 9.58. The third-order valence-electron chi connectivity index (χ3n) is 3.33. The molecular formula is C19H26O11P2. The maximum absolute atomic E-state index is 12.7. The predicted molar refractivity (Wildman–Crippen MR) is 113 cm³/mol. The summed E-state index contributed by atoms with van der Waals surface area (Å²) in [7, 11) is -7.70. The van der Waals surface area contributed by atoms with E-state index in [-0.39, 0.29) is 24.5 Å². The van der Waals surface area contributed by atoms with Crippen molar-refractivity contribution in [2.24, 2.45) is 0 Å². The molecule has 32 heavy (non-hydrogen) atoms. The topological polar surface area (TPSA) is 133 Å². The van der Waals surface area contributed by atoms with Crippen LogP contribution in [0, 0.1) is 12.5 Å². The number of carbonyl (C=O) groups is 2. The van der Waals surface area contributed by atoms with Gasteiger partial charge in [-0.2, -0.15) is 0 Å². The van der Waals surface area contributed by atoms with Crippen LogP contribution in [0.1, 0.15) is 31.1 Å². The summed E-state index contributed by atoms with van der Waals surface area (Å²) in [5, 5.41) is 0. The molecule has 0 aliphatic rings. The molecular weight excluding hydrogens is 466 g/mol.